The topological polar surface area (TPSA) is 32.3 Å². The van der Waals surface area contributed by atoms with Gasteiger partial charge in [-0.2, -0.15) is 0 Å². The highest BCUT2D eigenvalue weighted by molar-refractivity contribution is 5.87. The molecule has 2 heterocycles. The molecule has 1 amide bonds. The Labute approximate surface area is 127 Å². The molecule has 1 unspecified atom stereocenters. The van der Waals surface area contributed by atoms with Gasteiger partial charge in [0.2, 0.25) is 5.91 Å². The van der Waals surface area contributed by atoms with E-state index in [0.717, 1.165) is 45.3 Å². The number of rotatable bonds is 3. The molecule has 1 fully saturated rings. The summed E-state index contributed by atoms with van der Waals surface area (Å²) in [4.78, 5) is 14.9. The van der Waals surface area contributed by atoms with Crippen molar-refractivity contribution >= 4 is 11.5 Å². The van der Waals surface area contributed by atoms with Crippen LogP contribution >= 0.6 is 0 Å². The zero-order chi connectivity index (χ0) is 14.7. The third kappa shape index (κ3) is 2.75. The van der Waals surface area contributed by atoms with Gasteiger partial charge in [0, 0.05) is 13.1 Å². The van der Waals surface area contributed by atoms with Crippen molar-refractivity contribution in [2.75, 3.05) is 19.6 Å². The fourth-order valence-corrected chi connectivity index (χ4v) is 3.51. The summed E-state index contributed by atoms with van der Waals surface area (Å²) < 4.78 is 0. The third-order valence-electron chi connectivity index (χ3n) is 4.90. The lowest BCUT2D eigenvalue weighted by molar-refractivity contribution is -0.137. The van der Waals surface area contributed by atoms with Gasteiger partial charge < -0.3 is 10.2 Å². The van der Waals surface area contributed by atoms with E-state index in [0.29, 0.717) is 5.91 Å². The molecule has 1 N–H and O–H groups in total. The first-order valence-electron chi connectivity index (χ1n) is 8.04. The van der Waals surface area contributed by atoms with Gasteiger partial charge in [-0.25, -0.2) is 0 Å². The summed E-state index contributed by atoms with van der Waals surface area (Å²) in [6.45, 7) is 4.67. The number of hydrogen-bond acceptors (Lipinski definition) is 2. The van der Waals surface area contributed by atoms with Crippen molar-refractivity contribution < 1.29 is 4.79 Å². The molecule has 1 aromatic carbocycles. The molecule has 0 bridgehead atoms. The van der Waals surface area contributed by atoms with Gasteiger partial charge in [-0.15, -0.1) is 0 Å². The smallest absolute Gasteiger partial charge is 0.243 e. The van der Waals surface area contributed by atoms with Crippen LogP contribution in [0.4, 0.5) is 0 Å². The molecule has 2 aliphatic rings. The molecular formula is C18H24N2O. The average Bonchev–Trinajstić information content (AvgIpc) is 3.05. The maximum atomic E-state index is 12.8. The number of hydrogen-bond donors (Lipinski definition) is 1. The Kier molecular flexibility index (Phi) is 4.11. The summed E-state index contributed by atoms with van der Waals surface area (Å²) in [6, 6.07) is 10.5. The van der Waals surface area contributed by atoms with Crippen LogP contribution in [-0.2, 0) is 4.79 Å². The zero-order valence-corrected chi connectivity index (χ0v) is 12.8. The molecule has 3 rings (SSSR count). The van der Waals surface area contributed by atoms with Crippen molar-refractivity contribution in [1.29, 1.82) is 0 Å². The maximum Gasteiger partial charge on any atom is 0.243 e. The lowest BCUT2D eigenvalue weighted by atomic mass is 9.91. The minimum absolute atomic E-state index is 0.294. The van der Waals surface area contributed by atoms with Crippen LogP contribution < -0.4 is 5.32 Å². The first kappa shape index (κ1) is 14.3. The van der Waals surface area contributed by atoms with Gasteiger partial charge in [0.15, 0.2) is 0 Å². The molecule has 1 atom stereocenters. The molecule has 2 aliphatic heterocycles. The van der Waals surface area contributed by atoms with Crippen LogP contribution in [0.1, 0.15) is 38.2 Å². The molecule has 0 spiro atoms. The summed E-state index contributed by atoms with van der Waals surface area (Å²) in [7, 11) is 0. The van der Waals surface area contributed by atoms with Gasteiger partial charge in [0.25, 0.3) is 0 Å². The van der Waals surface area contributed by atoms with E-state index in [4.69, 9.17) is 0 Å². The van der Waals surface area contributed by atoms with E-state index in [-0.39, 0.29) is 5.54 Å². The van der Waals surface area contributed by atoms with Crippen molar-refractivity contribution in [2.24, 2.45) is 0 Å². The van der Waals surface area contributed by atoms with Crippen molar-refractivity contribution in [2.45, 2.75) is 38.1 Å². The standard InChI is InChI=1S/C18H24N2O/c1-2-18(11-6-12-19-18)17(21)20-13-9-16(10-14-20)15-7-4-3-5-8-15/h3-5,7-9,19H,2,6,10-14H2,1H3. The van der Waals surface area contributed by atoms with E-state index < -0.39 is 0 Å². The molecular weight excluding hydrogens is 260 g/mol. The Morgan fingerprint density at radius 2 is 2.14 bits per heavy atom. The second-order valence-corrected chi connectivity index (χ2v) is 6.06. The van der Waals surface area contributed by atoms with Crippen molar-refractivity contribution in [1.82, 2.24) is 10.2 Å². The molecule has 3 nitrogen and oxygen atoms in total. The number of benzene rings is 1. The molecule has 1 aromatic rings. The van der Waals surface area contributed by atoms with Crippen LogP contribution in [0.3, 0.4) is 0 Å². The van der Waals surface area contributed by atoms with E-state index in [9.17, 15) is 4.79 Å². The lowest BCUT2D eigenvalue weighted by Gasteiger charge is -2.35. The highest BCUT2D eigenvalue weighted by Crippen LogP contribution is 2.28. The Balaban J connectivity index is 1.70. The number of carbonyl (C=O) groups excluding carboxylic acids is 1. The van der Waals surface area contributed by atoms with E-state index in [1.807, 2.05) is 11.0 Å². The molecule has 0 aliphatic carbocycles. The fourth-order valence-electron chi connectivity index (χ4n) is 3.51. The van der Waals surface area contributed by atoms with Crippen LogP contribution in [0.2, 0.25) is 0 Å². The summed E-state index contributed by atoms with van der Waals surface area (Å²) in [5.74, 6) is 0.297. The normalized spacial score (nSPS) is 25.8. The number of amides is 1. The van der Waals surface area contributed by atoms with Crippen LogP contribution in [0.25, 0.3) is 5.57 Å². The molecule has 0 saturated carbocycles. The second-order valence-electron chi connectivity index (χ2n) is 6.06. The maximum absolute atomic E-state index is 12.8. The van der Waals surface area contributed by atoms with Gasteiger partial charge in [0.05, 0.1) is 5.54 Å². The Morgan fingerprint density at radius 3 is 2.71 bits per heavy atom. The van der Waals surface area contributed by atoms with Crippen LogP contribution in [-0.4, -0.2) is 36.0 Å². The van der Waals surface area contributed by atoms with Crippen LogP contribution in [0.5, 0.6) is 0 Å². The summed E-state index contributed by atoms with van der Waals surface area (Å²) in [5, 5.41) is 3.45. The number of carbonyl (C=O) groups is 1. The number of nitrogens with zero attached hydrogens (tertiary/aromatic N) is 1. The lowest BCUT2D eigenvalue weighted by Crippen LogP contribution is -2.55. The zero-order valence-electron chi connectivity index (χ0n) is 12.8. The predicted molar refractivity (Wildman–Crippen MR) is 85.9 cm³/mol. The second kappa shape index (κ2) is 6.02. The average molecular weight is 284 g/mol. The molecule has 0 aromatic heterocycles. The molecule has 0 radical (unpaired) electrons. The summed E-state index contributed by atoms with van der Waals surface area (Å²) >= 11 is 0. The minimum atomic E-state index is -0.294. The van der Waals surface area contributed by atoms with Gasteiger partial charge in [0.1, 0.15) is 0 Å². The third-order valence-corrected chi connectivity index (χ3v) is 4.90. The number of nitrogens with one attached hydrogen (secondary N) is 1. The largest absolute Gasteiger partial charge is 0.337 e. The summed E-state index contributed by atoms with van der Waals surface area (Å²) in [5.41, 5.74) is 2.36. The van der Waals surface area contributed by atoms with Gasteiger partial charge in [-0.1, -0.05) is 43.3 Å². The Morgan fingerprint density at radius 1 is 1.33 bits per heavy atom. The van der Waals surface area contributed by atoms with Gasteiger partial charge >= 0.3 is 0 Å². The van der Waals surface area contributed by atoms with Gasteiger partial charge in [-0.3, -0.25) is 4.79 Å². The highest BCUT2D eigenvalue weighted by atomic mass is 16.2. The monoisotopic (exact) mass is 284 g/mol. The highest BCUT2D eigenvalue weighted by Gasteiger charge is 2.41. The Hall–Kier alpha value is -1.61. The van der Waals surface area contributed by atoms with E-state index in [2.05, 4.69) is 42.6 Å². The van der Waals surface area contributed by atoms with Crippen LogP contribution in [0.15, 0.2) is 36.4 Å². The van der Waals surface area contributed by atoms with E-state index >= 15 is 0 Å². The van der Waals surface area contributed by atoms with Crippen molar-refractivity contribution in [3.05, 3.63) is 42.0 Å². The first-order chi connectivity index (χ1) is 10.2. The quantitative estimate of drug-likeness (QED) is 0.925. The van der Waals surface area contributed by atoms with E-state index in [1.165, 1.54) is 11.1 Å². The molecule has 3 heteroatoms. The molecule has 21 heavy (non-hydrogen) atoms. The molecule has 1 saturated heterocycles. The first-order valence-corrected chi connectivity index (χ1v) is 8.04. The van der Waals surface area contributed by atoms with Crippen LogP contribution in [0, 0.1) is 0 Å². The summed E-state index contributed by atoms with van der Waals surface area (Å²) in [6.07, 6.45) is 6.15. The Bertz CT molecular complexity index is 529. The predicted octanol–water partition coefficient (Wildman–Crippen LogP) is 2.83. The van der Waals surface area contributed by atoms with Gasteiger partial charge in [-0.05, 0) is 43.4 Å². The van der Waals surface area contributed by atoms with Crippen molar-refractivity contribution in [3.8, 4) is 0 Å². The van der Waals surface area contributed by atoms with E-state index in [1.54, 1.807) is 0 Å². The van der Waals surface area contributed by atoms with Crippen molar-refractivity contribution in [3.63, 3.8) is 0 Å². The fraction of sp³-hybridized carbons (Fsp3) is 0.500. The minimum Gasteiger partial charge on any atom is -0.337 e. The molecule has 112 valence electrons. The SMILES string of the molecule is CCC1(C(=O)N2CC=C(c3ccccc3)CC2)CCCN1.